The summed E-state index contributed by atoms with van der Waals surface area (Å²) in [6, 6.07) is 8.35. The van der Waals surface area contributed by atoms with E-state index in [4.69, 9.17) is 9.47 Å². The van der Waals surface area contributed by atoms with Crippen LogP contribution in [0.1, 0.15) is 25.6 Å². The third kappa shape index (κ3) is 4.49. The number of hydrogen-bond acceptors (Lipinski definition) is 4. The molecule has 0 unspecified atom stereocenters. The highest BCUT2D eigenvalue weighted by molar-refractivity contribution is 5.46. The molecule has 0 spiro atoms. The van der Waals surface area contributed by atoms with Gasteiger partial charge in [-0.15, -0.1) is 0 Å². The van der Waals surface area contributed by atoms with E-state index in [1.807, 2.05) is 36.8 Å². The van der Waals surface area contributed by atoms with E-state index in [0.29, 0.717) is 19.3 Å². The van der Waals surface area contributed by atoms with Crippen LogP contribution in [0, 0.1) is 0 Å². The molecule has 0 atom stereocenters. The second kappa shape index (κ2) is 7.69. The summed E-state index contributed by atoms with van der Waals surface area (Å²) in [7, 11) is 1.66. The van der Waals surface area contributed by atoms with Crippen LogP contribution in [0.2, 0.25) is 0 Å². The number of rotatable bonds is 8. The van der Waals surface area contributed by atoms with Gasteiger partial charge in [-0.3, -0.25) is 0 Å². The monoisotopic (exact) mass is 289 g/mol. The predicted octanol–water partition coefficient (Wildman–Crippen LogP) is 3.10. The molecule has 0 aliphatic heterocycles. The fourth-order valence-electron chi connectivity index (χ4n) is 2.04. The fraction of sp³-hybridized carbons (Fsp3) is 0.438. The Morgan fingerprint density at radius 3 is 2.62 bits per heavy atom. The average Bonchev–Trinajstić information content (AvgIpc) is 2.95. The lowest BCUT2D eigenvalue weighted by Gasteiger charge is -2.13. The van der Waals surface area contributed by atoms with Crippen LogP contribution in [0.3, 0.4) is 0 Å². The summed E-state index contributed by atoms with van der Waals surface area (Å²) in [6.07, 6.45) is 3.77. The molecule has 21 heavy (non-hydrogen) atoms. The average molecular weight is 289 g/mol. The van der Waals surface area contributed by atoms with Crippen LogP contribution in [0.5, 0.6) is 5.75 Å². The molecule has 2 aromatic rings. The highest BCUT2D eigenvalue weighted by Gasteiger charge is 2.05. The van der Waals surface area contributed by atoms with E-state index in [1.165, 1.54) is 5.69 Å². The van der Waals surface area contributed by atoms with Gasteiger partial charge in [0.05, 0.1) is 25.2 Å². The first-order chi connectivity index (χ1) is 10.2. The van der Waals surface area contributed by atoms with Crippen LogP contribution < -0.4 is 10.1 Å². The van der Waals surface area contributed by atoms with Gasteiger partial charge in [0.15, 0.2) is 0 Å². The maximum Gasteiger partial charge on any atom is 0.119 e. The number of aromatic nitrogens is 2. The molecule has 114 valence electrons. The summed E-state index contributed by atoms with van der Waals surface area (Å²) in [5.74, 6) is 0.852. The minimum Gasteiger partial charge on any atom is -0.491 e. The van der Waals surface area contributed by atoms with Gasteiger partial charge in [0.25, 0.3) is 0 Å². The Morgan fingerprint density at radius 1 is 1.19 bits per heavy atom. The molecule has 1 N–H and O–H groups in total. The second-order valence-corrected chi connectivity index (χ2v) is 5.11. The Labute approximate surface area is 125 Å². The van der Waals surface area contributed by atoms with Crippen molar-refractivity contribution in [1.82, 2.24) is 9.55 Å². The molecule has 5 nitrogen and oxygen atoms in total. The Kier molecular flexibility index (Phi) is 5.63. The first-order valence-electron chi connectivity index (χ1n) is 7.17. The molecule has 0 fully saturated rings. The Morgan fingerprint density at radius 2 is 1.95 bits per heavy atom. The van der Waals surface area contributed by atoms with Crippen molar-refractivity contribution in [3.05, 3.63) is 42.5 Å². The van der Waals surface area contributed by atoms with Crippen LogP contribution in [-0.2, 0) is 11.3 Å². The van der Waals surface area contributed by atoms with Gasteiger partial charge < -0.3 is 19.4 Å². The zero-order valence-electron chi connectivity index (χ0n) is 12.9. The lowest BCUT2D eigenvalue weighted by atomic mass is 10.3. The quantitative estimate of drug-likeness (QED) is 0.759. The van der Waals surface area contributed by atoms with Gasteiger partial charge in [0, 0.05) is 25.0 Å². The SMILES string of the molecule is COCCOc1ccc(NCc2cncn2C(C)C)cc1. The maximum atomic E-state index is 5.54. The third-order valence-corrected chi connectivity index (χ3v) is 3.19. The minimum absolute atomic E-state index is 0.417. The van der Waals surface area contributed by atoms with Crippen LogP contribution in [0.15, 0.2) is 36.8 Å². The van der Waals surface area contributed by atoms with Crippen LogP contribution in [0.25, 0.3) is 0 Å². The smallest absolute Gasteiger partial charge is 0.119 e. The molecule has 0 bridgehead atoms. The van der Waals surface area contributed by atoms with Crippen molar-refractivity contribution in [2.75, 3.05) is 25.6 Å². The Hall–Kier alpha value is -2.01. The summed E-state index contributed by atoms with van der Waals surface area (Å²) in [6.45, 7) is 6.22. The fourth-order valence-corrected chi connectivity index (χ4v) is 2.04. The van der Waals surface area contributed by atoms with E-state index in [1.54, 1.807) is 7.11 Å². The molecule has 0 aliphatic carbocycles. The second-order valence-electron chi connectivity index (χ2n) is 5.11. The largest absolute Gasteiger partial charge is 0.491 e. The van der Waals surface area contributed by atoms with Gasteiger partial charge in [0.2, 0.25) is 0 Å². The van der Waals surface area contributed by atoms with Crippen molar-refractivity contribution in [3.63, 3.8) is 0 Å². The molecule has 0 radical (unpaired) electrons. The zero-order chi connectivity index (χ0) is 15.1. The molecular formula is C16H23N3O2. The van der Waals surface area contributed by atoms with Crippen LogP contribution >= 0.6 is 0 Å². The molecule has 0 saturated heterocycles. The van der Waals surface area contributed by atoms with E-state index < -0.39 is 0 Å². The molecule has 2 rings (SSSR count). The number of imidazole rings is 1. The van der Waals surface area contributed by atoms with E-state index in [-0.39, 0.29) is 0 Å². The highest BCUT2D eigenvalue weighted by Crippen LogP contribution is 2.17. The highest BCUT2D eigenvalue weighted by atomic mass is 16.5. The number of methoxy groups -OCH3 is 1. The van der Waals surface area contributed by atoms with Crippen molar-refractivity contribution in [2.45, 2.75) is 26.4 Å². The summed E-state index contributed by atoms with van der Waals surface area (Å²) in [5.41, 5.74) is 2.23. The van der Waals surface area contributed by atoms with E-state index in [9.17, 15) is 0 Å². The van der Waals surface area contributed by atoms with Gasteiger partial charge in [0.1, 0.15) is 12.4 Å². The van der Waals surface area contributed by atoms with Gasteiger partial charge in [-0.1, -0.05) is 0 Å². The summed E-state index contributed by atoms with van der Waals surface area (Å²) < 4.78 is 12.6. The van der Waals surface area contributed by atoms with Crippen molar-refractivity contribution in [3.8, 4) is 5.75 Å². The molecule has 1 aromatic carbocycles. The summed E-state index contributed by atoms with van der Waals surface area (Å²) in [5, 5.41) is 3.40. The molecule has 5 heteroatoms. The molecular weight excluding hydrogens is 266 g/mol. The number of benzene rings is 1. The topological polar surface area (TPSA) is 48.3 Å². The standard InChI is InChI=1S/C16H23N3O2/c1-13(2)19-12-17-10-15(19)11-18-14-4-6-16(7-5-14)21-9-8-20-3/h4-7,10,12-13,18H,8-9,11H2,1-3H3. The van der Waals surface area contributed by atoms with Crippen molar-refractivity contribution >= 4 is 5.69 Å². The Bertz CT molecular complexity index is 535. The van der Waals surface area contributed by atoms with Gasteiger partial charge in [-0.2, -0.15) is 0 Å². The lowest BCUT2D eigenvalue weighted by Crippen LogP contribution is -2.08. The van der Waals surface area contributed by atoms with Gasteiger partial charge in [-0.05, 0) is 38.1 Å². The first kappa shape index (κ1) is 15.4. The number of hydrogen-bond donors (Lipinski definition) is 1. The van der Waals surface area contributed by atoms with Crippen LogP contribution in [0.4, 0.5) is 5.69 Å². The number of nitrogens with one attached hydrogen (secondary N) is 1. The van der Waals surface area contributed by atoms with Gasteiger partial charge in [-0.25, -0.2) is 4.98 Å². The number of nitrogens with zero attached hydrogens (tertiary/aromatic N) is 2. The van der Waals surface area contributed by atoms with E-state index in [0.717, 1.165) is 18.0 Å². The molecule has 1 aromatic heterocycles. The van der Waals surface area contributed by atoms with Gasteiger partial charge >= 0.3 is 0 Å². The van der Waals surface area contributed by atoms with Crippen molar-refractivity contribution in [2.24, 2.45) is 0 Å². The molecule has 1 heterocycles. The Balaban J connectivity index is 1.87. The van der Waals surface area contributed by atoms with E-state index in [2.05, 4.69) is 28.7 Å². The summed E-state index contributed by atoms with van der Waals surface area (Å²) >= 11 is 0. The van der Waals surface area contributed by atoms with Crippen LogP contribution in [-0.4, -0.2) is 29.9 Å². The first-order valence-corrected chi connectivity index (χ1v) is 7.17. The number of anilines is 1. The predicted molar refractivity (Wildman–Crippen MR) is 83.8 cm³/mol. The zero-order valence-corrected chi connectivity index (χ0v) is 12.9. The molecule has 0 saturated carbocycles. The molecule has 0 amide bonds. The summed E-state index contributed by atoms with van der Waals surface area (Å²) in [4.78, 5) is 4.20. The molecule has 0 aliphatic rings. The lowest BCUT2D eigenvalue weighted by molar-refractivity contribution is 0.146. The minimum atomic E-state index is 0.417. The number of ether oxygens (including phenoxy) is 2. The normalized spacial score (nSPS) is 10.9. The maximum absolute atomic E-state index is 5.54. The van der Waals surface area contributed by atoms with Crippen molar-refractivity contribution in [1.29, 1.82) is 0 Å². The van der Waals surface area contributed by atoms with E-state index >= 15 is 0 Å². The van der Waals surface area contributed by atoms with Crippen molar-refractivity contribution < 1.29 is 9.47 Å². The third-order valence-electron chi connectivity index (χ3n) is 3.19.